The third kappa shape index (κ3) is 8.84. The highest BCUT2D eigenvalue weighted by molar-refractivity contribution is 5.94. The van der Waals surface area contributed by atoms with E-state index < -0.39 is 54.0 Å². The van der Waals surface area contributed by atoms with Gasteiger partial charge in [0.15, 0.2) is 0 Å². The predicted octanol–water partition coefficient (Wildman–Crippen LogP) is -0.261. The molecule has 0 bridgehead atoms. The summed E-state index contributed by atoms with van der Waals surface area (Å²) in [6.07, 6.45) is -1.17. The molecule has 188 valence electrons. The van der Waals surface area contributed by atoms with Gasteiger partial charge in [0, 0.05) is 12.8 Å². The lowest BCUT2D eigenvalue weighted by molar-refractivity contribution is -0.142. The van der Waals surface area contributed by atoms with Gasteiger partial charge < -0.3 is 31.9 Å². The average molecular weight is 485 g/mol. The summed E-state index contributed by atoms with van der Waals surface area (Å²) < 4.78 is 0. The third-order valence-electron chi connectivity index (χ3n) is 5.29. The van der Waals surface area contributed by atoms with Crippen LogP contribution >= 0.6 is 0 Å². The SMILES string of the molecule is CC(N)C(=O)NC(C(=O)NC(Cc1ccccc1)C(=O)NC(Cc1ccccc1)C(=O)O)C(C)O. The van der Waals surface area contributed by atoms with Crippen molar-refractivity contribution in [3.05, 3.63) is 71.8 Å². The third-order valence-corrected chi connectivity index (χ3v) is 5.29. The predicted molar refractivity (Wildman–Crippen MR) is 129 cm³/mol. The van der Waals surface area contributed by atoms with Crippen molar-refractivity contribution in [1.29, 1.82) is 0 Å². The first-order valence-electron chi connectivity index (χ1n) is 11.2. The molecule has 0 saturated heterocycles. The summed E-state index contributed by atoms with van der Waals surface area (Å²) >= 11 is 0. The molecule has 0 aliphatic carbocycles. The molecule has 0 spiro atoms. The molecule has 10 nitrogen and oxygen atoms in total. The molecule has 3 amide bonds. The van der Waals surface area contributed by atoms with E-state index in [2.05, 4.69) is 16.0 Å². The van der Waals surface area contributed by atoms with E-state index in [0.29, 0.717) is 0 Å². The van der Waals surface area contributed by atoms with Crippen LogP contribution in [0.4, 0.5) is 0 Å². The van der Waals surface area contributed by atoms with Gasteiger partial charge in [-0.25, -0.2) is 4.79 Å². The van der Waals surface area contributed by atoms with Crippen LogP contribution in [0, 0.1) is 0 Å². The van der Waals surface area contributed by atoms with Crippen molar-refractivity contribution in [1.82, 2.24) is 16.0 Å². The Labute approximate surface area is 203 Å². The largest absolute Gasteiger partial charge is 0.480 e. The lowest BCUT2D eigenvalue weighted by Crippen LogP contribution is -2.60. The number of carboxylic acids is 1. The number of hydrogen-bond acceptors (Lipinski definition) is 6. The highest BCUT2D eigenvalue weighted by Gasteiger charge is 2.32. The summed E-state index contributed by atoms with van der Waals surface area (Å²) in [4.78, 5) is 49.9. The molecule has 7 N–H and O–H groups in total. The Hall–Kier alpha value is -3.76. The zero-order valence-corrected chi connectivity index (χ0v) is 19.7. The van der Waals surface area contributed by atoms with Gasteiger partial charge in [-0.05, 0) is 25.0 Å². The van der Waals surface area contributed by atoms with Crippen LogP contribution in [-0.2, 0) is 32.0 Å². The summed E-state index contributed by atoms with van der Waals surface area (Å²) in [5, 5.41) is 27.1. The molecular weight excluding hydrogens is 452 g/mol. The Bertz CT molecular complexity index is 998. The van der Waals surface area contributed by atoms with E-state index in [0.717, 1.165) is 11.1 Å². The highest BCUT2D eigenvalue weighted by atomic mass is 16.4. The van der Waals surface area contributed by atoms with Gasteiger partial charge in [-0.1, -0.05) is 60.7 Å². The van der Waals surface area contributed by atoms with E-state index in [-0.39, 0.29) is 12.8 Å². The van der Waals surface area contributed by atoms with Crippen LogP contribution in [0.25, 0.3) is 0 Å². The topological polar surface area (TPSA) is 171 Å². The number of hydrogen-bond donors (Lipinski definition) is 6. The molecule has 0 aliphatic heterocycles. The van der Waals surface area contributed by atoms with Crippen molar-refractivity contribution < 1.29 is 29.4 Å². The summed E-state index contributed by atoms with van der Waals surface area (Å²) in [7, 11) is 0. The van der Waals surface area contributed by atoms with Crippen LogP contribution in [-0.4, -0.2) is 64.2 Å². The molecule has 0 aliphatic rings. The van der Waals surface area contributed by atoms with Gasteiger partial charge in [0.2, 0.25) is 17.7 Å². The van der Waals surface area contributed by atoms with Crippen LogP contribution in [0.1, 0.15) is 25.0 Å². The molecule has 10 heteroatoms. The number of nitrogens with one attached hydrogen (secondary N) is 3. The standard InChI is InChI=1S/C25H32N4O6/c1-15(26)22(31)29-21(16(2)30)24(33)27-19(13-17-9-5-3-6-10-17)23(32)28-20(25(34)35)14-18-11-7-4-8-12-18/h3-12,15-16,19-21,30H,13-14,26H2,1-2H3,(H,27,33)(H,28,32)(H,29,31)(H,34,35). The molecule has 0 fully saturated rings. The fourth-order valence-corrected chi connectivity index (χ4v) is 3.33. The number of rotatable bonds is 12. The number of carboxylic acid groups (broad SMARTS) is 1. The number of aliphatic carboxylic acids is 1. The second kappa shape index (κ2) is 13.2. The van der Waals surface area contributed by atoms with Gasteiger partial charge in [0.05, 0.1) is 12.1 Å². The molecule has 2 aromatic carbocycles. The minimum Gasteiger partial charge on any atom is -0.480 e. The number of aliphatic hydroxyl groups excluding tert-OH is 1. The van der Waals surface area contributed by atoms with E-state index in [1.807, 2.05) is 0 Å². The Morgan fingerprint density at radius 2 is 1.20 bits per heavy atom. The van der Waals surface area contributed by atoms with Crippen molar-refractivity contribution in [2.45, 2.75) is 57.0 Å². The number of carbonyl (C=O) groups is 4. The first kappa shape index (κ1) is 27.5. The summed E-state index contributed by atoms with van der Waals surface area (Å²) in [6, 6.07) is 13.0. The summed E-state index contributed by atoms with van der Waals surface area (Å²) in [6.45, 7) is 2.75. The average Bonchev–Trinajstić information content (AvgIpc) is 2.82. The zero-order valence-electron chi connectivity index (χ0n) is 19.7. The molecule has 0 saturated carbocycles. The number of carbonyl (C=O) groups excluding carboxylic acids is 3. The lowest BCUT2D eigenvalue weighted by Gasteiger charge is -2.26. The van der Waals surface area contributed by atoms with E-state index in [9.17, 15) is 29.4 Å². The molecule has 2 aromatic rings. The van der Waals surface area contributed by atoms with Crippen molar-refractivity contribution in [3.63, 3.8) is 0 Å². The highest BCUT2D eigenvalue weighted by Crippen LogP contribution is 2.08. The van der Waals surface area contributed by atoms with E-state index in [1.54, 1.807) is 60.7 Å². The first-order chi connectivity index (χ1) is 16.6. The van der Waals surface area contributed by atoms with Gasteiger partial charge in [-0.2, -0.15) is 0 Å². The fourth-order valence-electron chi connectivity index (χ4n) is 3.33. The monoisotopic (exact) mass is 484 g/mol. The Morgan fingerprint density at radius 1 is 0.743 bits per heavy atom. The maximum atomic E-state index is 13.2. The molecular formula is C25H32N4O6. The Balaban J connectivity index is 2.23. The van der Waals surface area contributed by atoms with E-state index >= 15 is 0 Å². The van der Waals surface area contributed by atoms with Crippen LogP contribution in [0.15, 0.2) is 60.7 Å². The smallest absolute Gasteiger partial charge is 0.326 e. The summed E-state index contributed by atoms with van der Waals surface area (Å²) in [5.41, 5.74) is 6.98. The maximum Gasteiger partial charge on any atom is 0.326 e. The maximum absolute atomic E-state index is 13.2. The lowest BCUT2D eigenvalue weighted by atomic mass is 10.0. The van der Waals surface area contributed by atoms with Crippen molar-refractivity contribution in [2.75, 3.05) is 0 Å². The molecule has 2 rings (SSSR count). The molecule has 35 heavy (non-hydrogen) atoms. The van der Waals surface area contributed by atoms with Crippen molar-refractivity contribution >= 4 is 23.7 Å². The molecule has 0 heterocycles. The van der Waals surface area contributed by atoms with Crippen LogP contribution in [0.5, 0.6) is 0 Å². The van der Waals surface area contributed by atoms with Crippen LogP contribution < -0.4 is 21.7 Å². The number of aliphatic hydroxyl groups is 1. The minimum atomic E-state index is -1.36. The van der Waals surface area contributed by atoms with E-state index in [1.165, 1.54) is 13.8 Å². The summed E-state index contributed by atoms with van der Waals surface area (Å²) in [5.74, 6) is -3.39. The normalized spacial score (nSPS) is 15.1. The van der Waals surface area contributed by atoms with Gasteiger partial charge in [0.1, 0.15) is 18.1 Å². The van der Waals surface area contributed by atoms with Crippen molar-refractivity contribution in [2.24, 2.45) is 5.73 Å². The Kier molecular flexibility index (Phi) is 10.4. The van der Waals surface area contributed by atoms with Crippen LogP contribution in [0.3, 0.4) is 0 Å². The van der Waals surface area contributed by atoms with Gasteiger partial charge >= 0.3 is 5.97 Å². The molecule has 0 radical (unpaired) electrons. The minimum absolute atomic E-state index is 0.0503. The van der Waals surface area contributed by atoms with Gasteiger partial charge in [-0.3, -0.25) is 14.4 Å². The number of nitrogens with two attached hydrogens (primary N) is 1. The van der Waals surface area contributed by atoms with Crippen molar-refractivity contribution in [3.8, 4) is 0 Å². The first-order valence-corrected chi connectivity index (χ1v) is 11.2. The van der Waals surface area contributed by atoms with Gasteiger partial charge in [0.25, 0.3) is 0 Å². The van der Waals surface area contributed by atoms with E-state index in [4.69, 9.17) is 5.73 Å². The fraction of sp³-hybridized carbons (Fsp3) is 0.360. The second-order valence-corrected chi connectivity index (χ2v) is 8.36. The number of amides is 3. The quantitative estimate of drug-likeness (QED) is 0.241. The number of benzene rings is 2. The molecule has 0 aromatic heterocycles. The second-order valence-electron chi connectivity index (χ2n) is 8.36. The molecule has 5 unspecified atom stereocenters. The molecule has 5 atom stereocenters. The van der Waals surface area contributed by atoms with Crippen LogP contribution in [0.2, 0.25) is 0 Å². The van der Waals surface area contributed by atoms with Gasteiger partial charge in [-0.15, -0.1) is 0 Å². The Morgan fingerprint density at radius 3 is 1.63 bits per heavy atom. The zero-order chi connectivity index (χ0) is 26.0.